The zero-order valence-electron chi connectivity index (χ0n) is 16.5. The second-order valence-corrected chi connectivity index (χ2v) is 8.88. The summed E-state index contributed by atoms with van der Waals surface area (Å²) >= 11 is 0. The van der Waals surface area contributed by atoms with Gasteiger partial charge in [0.25, 0.3) is 0 Å². The van der Waals surface area contributed by atoms with Gasteiger partial charge in [0.1, 0.15) is 6.17 Å². The van der Waals surface area contributed by atoms with Crippen molar-refractivity contribution in [1.82, 2.24) is 15.5 Å². The second-order valence-electron chi connectivity index (χ2n) is 8.88. The minimum absolute atomic E-state index is 0.00275. The van der Waals surface area contributed by atoms with Gasteiger partial charge in [-0.15, -0.1) is 0 Å². The van der Waals surface area contributed by atoms with Crippen molar-refractivity contribution in [3.8, 4) is 0 Å². The molecule has 3 fully saturated rings. The van der Waals surface area contributed by atoms with E-state index in [9.17, 15) is 9.18 Å². The van der Waals surface area contributed by atoms with E-state index in [-0.39, 0.29) is 36.1 Å². The molecule has 1 saturated heterocycles. The molecule has 0 aromatic heterocycles. The maximum Gasteiger partial charge on any atom is 0.237 e. The number of alkyl halides is 1. The topological polar surface area (TPSA) is 53.6 Å². The Morgan fingerprint density at radius 3 is 2.77 bits per heavy atom. The number of nitrogens with one attached hydrogen (secondary N) is 2. The van der Waals surface area contributed by atoms with Gasteiger partial charge in [-0.1, -0.05) is 6.92 Å². The second kappa shape index (κ2) is 8.98. The lowest BCUT2D eigenvalue weighted by Crippen LogP contribution is -2.50. The first kappa shape index (κ1) is 20.0. The van der Waals surface area contributed by atoms with E-state index in [1.165, 1.54) is 0 Å². The molecule has 0 spiro atoms. The minimum atomic E-state index is -0.759. The molecule has 2 N–H and O–H groups in total. The third-order valence-electron chi connectivity index (χ3n) is 6.52. The number of nitrogens with zero attached hydrogens (tertiary/aromatic N) is 1. The summed E-state index contributed by atoms with van der Waals surface area (Å²) in [6.07, 6.45) is 5.75. The van der Waals surface area contributed by atoms with Gasteiger partial charge in [-0.25, -0.2) is 4.39 Å². The third kappa shape index (κ3) is 4.96. The number of fused-ring (bicyclic) bond motifs is 1. The number of carbonyl (C=O) groups is 1. The van der Waals surface area contributed by atoms with Crippen LogP contribution in [0.2, 0.25) is 0 Å². The highest BCUT2D eigenvalue weighted by Crippen LogP contribution is 2.38. The molecule has 5 nitrogen and oxygen atoms in total. The highest BCUT2D eigenvalue weighted by Gasteiger charge is 2.46. The fourth-order valence-corrected chi connectivity index (χ4v) is 4.93. The van der Waals surface area contributed by atoms with Gasteiger partial charge in [0.05, 0.1) is 18.8 Å². The van der Waals surface area contributed by atoms with E-state index in [0.29, 0.717) is 18.8 Å². The van der Waals surface area contributed by atoms with Crippen molar-refractivity contribution in [1.29, 1.82) is 0 Å². The van der Waals surface area contributed by atoms with Gasteiger partial charge in [0.15, 0.2) is 0 Å². The van der Waals surface area contributed by atoms with Crippen LogP contribution in [-0.2, 0) is 9.53 Å². The average molecular weight is 370 g/mol. The van der Waals surface area contributed by atoms with Crippen LogP contribution >= 0.6 is 0 Å². The van der Waals surface area contributed by atoms with Crippen LogP contribution in [0, 0.1) is 11.8 Å². The lowest BCUT2D eigenvalue weighted by Gasteiger charge is -2.33. The molecule has 2 aliphatic carbocycles. The van der Waals surface area contributed by atoms with Gasteiger partial charge in [-0.05, 0) is 65.0 Å². The Balaban J connectivity index is 1.46. The molecule has 150 valence electrons. The molecular weight excluding hydrogens is 333 g/mol. The van der Waals surface area contributed by atoms with Gasteiger partial charge in [-0.3, -0.25) is 4.79 Å². The number of ether oxygens (including phenoxy) is 1. The molecule has 3 aliphatic rings. The third-order valence-corrected chi connectivity index (χ3v) is 6.52. The van der Waals surface area contributed by atoms with Crippen molar-refractivity contribution >= 4 is 5.91 Å². The van der Waals surface area contributed by atoms with E-state index in [4.69, 9.17) is 4.74 Å². The van der Waals surface area contributed by atoms with E-state index >= 15 is 0 Å². The summed E-state index contributed by atoms with van der Waals surface area (Å²) in [5.41, 5.74) is 0. The van der Waals surface area contributed by atoms with E-state index < -0.39 is 6.17 Å². The Hall–Kier alpha value is -0.720. The summed E-state index contributed by atoms with van der Waals surface area (Å²) in [5, 5.41) is 6.65. The van der Waals surface area contributed by atoms with Gasteiger partial charge < -0.3 is 20.3 Å². The van der Waals surface area contributed by atoms with E-state index in [1.54, 1.807) is 0 Å². The average Bonchev–Trinajstić information content (AvgIpc) is 3.05. The summed E-state index contributed by atoms with van der Waals surface area (Å²) in [5.74, 6) is 0.509. The van der Waals surface area contributed by atoms with E-state index in [1.807, 2.05) is 14.1 Å². The van der Waals surface area contributed by atoms with Crippen molar-refractivity contribution in [2.24, 2.45) is 11.8 Å². The highest BCUT2D eigenvalue weighted by atomic mass is 19.1. The Labute approximate surface area is 157 Å². The molecule has 1 aliphatic heterocycles. The fourth-order valence-electron chi connectivity index (χ4n) is 4.93. The Bertz CT molecular complexity index is 458. The predicted octanol–water partition coefficient (Wildman–Crippen LogP) is 2.11. The summed E-state index contributed by atoms with van der Waals surface area (Å²) in [6.45, 7) is 3.83. The molecule has 0 radical (unpaired) electrons. The van der Waals surface area contributed by atoms with Crippen LogP contribution in [0.4, 0.5) is 4.39 Å². The maximum absolute atomic E-state index is 14.2. The van der Waals surface area contributed by atoms with Crippen LogP contribution in [0.1, 0.15) is 51.9 Å². The fraction of sp³-hybridized carbons (Fsp3) is 0.950. The number of rotatable bonds is 6. The smallest absolute Gasteiger partial charge is 0.237 e. The summed E-state index contributed by atoms with van der Waals surface area (Å²) in [7, 11) is 4.09. The minimum Gasteiger partial charge on any atom is -0.377 e. The molecule has 1 amide bonds. The molecule has 0 aromatic rings. The first-order valence-electron chi connectivity index (χ1n) is 10.4. The van der Waals surface area contributed by atoms with Crippen molar-refractivity contribution in [3.63, 3.8) is 0 Å². The molecule has 26 heavy (non-hydrogen) atoms. The number of likely N-dealkylation sites (N-methyl/N-ethyl adjacent to an activating group) is 1. The summed E-state index contributed by atoms with van der Waals surface area (Å²) < 4.78 is 20.2. The largest absolute Gasteiger partial charge is 0.377 e. The zero-order valence-corrected chi connectivity index (χ0v) is 16.5. The van der Waals surface area contributed by atoms with E-state index in [2.05, 4.69) is 22.5 Å². The van der Waals surface area contributed by atoms with Crippen LogP contribution in [0.15, 0.2) is 0 Å². The number of hydrogen-bond donors (Lipinski definition) is 2. The number of hydrogen-bond acceptors (Lipinski definition) is 4. The van der Waals surface area contributed by atoms with Crippen molar-refractivity contribution in [2.75, 3.05) is 27.2 Å². The van der Waals surface area contributed by atoms with Gasteiger partial charge in [-0.2, -0.15) is 0 Å². The zero-order chi connectivity index (χ0) is 18.7. The molecule has 3 rings (SSSR count). The molecule has 2 saturated carbocycles. The van der Waals surface area contributed by atoms with E-state index in [0.717, 1.165) is 45.3 Å². The first-order valence-corrected chi connectivity index (χ1v) is 10.4. The van der Waals surface area contributed by atoms with Crippen LogP contribution in [0.25, 0.3) is 0 Å². The predicted molar refractivity (Wildman–Crippen MR) is 101 cm³/mol. The molecule has 6 heteroatoms. The molecular formula is C20H36FN3O2. The first-order chi connectivity index (χ1) is 12.4. The Morgan fingerprint density at radius 2 is 2.04 bits per heavy atom. The van der Waals surface area contributed by atoms with Crippen LogP contribution in [0.5, 0.6) is 0 Å². The summed E-state index contributed by atoms with van der Waals surface area (Å²) in [6, 6.07) is 0.102. The Morgan fingerprint density at radius 1 is 1.23 bits per heavy atom. The normalized spacial score (nSPS) is 40.4. The molecule has 7 unspecified atom stereocenters. The van der Waals surface area contributed by atoms with Gasteiger partial charge >= 0.3 is 0 Å². The number of halogens is 1. The molecule has 7 atom stereocenters. The van der Waals surface area contributed by atoms with Gasteiger partial charge in [0.2, 0.25) is 5.91 Å². The molecule has 1 heterocycles. The monoisotopic (exact) mass is 369 g/mol. The number of carbonyl (C=O) groups excluding carboxylic acids is 1. The van der Waals surface area contributed by atoms with Crippen LogP contribution in [-0.4, -0.2) is 68.5 Å². The standard InChI is InChI=1S/C20H36FN3O2/c1-13-7-8-17(21)16-12-18(23-19(13)16)20(25)22-14-5-4-6-15(11-14)26-10-9-24(2)3/h13-19,23H,4-12H2,1-3H3,(H,22,25). The summed E-state index contributed by atoms with van der Waals surface area (Å²) in [4.78, 5) is 14.9. The van der Waals surface area contributed by atoms with Crippen molar-refractivity contribution < 1.29 is 13.9 Å². The van der Waals surface area contributed by atoms with Crippen LogP contribution < -0.4 is 10.6 Å². The maximum atomic E-state index is 14.2. The number of amides is 1. The quantitative estimate of drug-likeness (QED) is 0.753. The van der Waals surface area contributed by atoms with Gasteiger partial charge in [0, 0.05) is 24.5 Å². The molecule has 0 aromatic carbocycles. The van der Waals surface area contributed by atoms with Crippen molar-refractivity contribution in [3.05, 3.63) is 0 Å². The van der Waals surface area contributed by atoms with Crippen molar-refractivity contribution in [2.45, 2.75) is 82.3 Å². The molecule has 0 bridgehead atoms. The SMILES string of the molecule is CC1CCC(F)C2CC(C(=O)NC3CCCC(OCCN(C)C)C3)NC12. The highest BCUT2D eigenvalue weighted by molar-refractivity contribution is 5.82. The Kier molecular flexibility index (Phi) is 6.92. The lowest BCUT2D eigenvalue weighted by atomic mass is 9.77. The lowest BCUT2D eigenvalue weighted by molar-refractivity contribution is -0.124. The van der Waals surface area contributed by atoms with Crippen LogP contribution in [0.3, 0.4) is 0 Å².